The van der Waals surface area contributed by atoms with Crippen LogP contribution in [0, 0.1) is 0 Å². The average molecular weight is 252 g/mol. The molecular formula is C13H24N4O. The van der Waals surface area contributed by atoms with Crippen LogP contribution in [0.4, 0.5) is 0 Å². The Balaban J connectivity index is 2.12. The monoisotopic (exact) mass is 252 g/mol. The molecule has 2 N–H and O–H groups in total. The molecule has 0 radical (unpaired) electrons. The number of aryl methyl sites for hydroxylation is 1. The van der Waals surface area contributed by atoms with Crippen molar-refractivity contribution in [1.82, 2.24) is 14.7 Å². The van der Waals surface area contributed by atoms with Crippen molar-refractivity contribution in [1.29, 1.82) is 0 Å². The molecule has 0 aromatic carbocycles. The van der Waals surface area contributed by atoms with E-state index in [1.54, 1.807) is 0 Å². The highest BCUT2D eigenvalue weighted by molar-refractivity contribution is 5.12. The summed E-state index contributed by atoms with van der Waals surface area (Å²) in [6.07, 6.45) is 4.57. The van der Waals surface area contributed by atoms with E-state index in [0.717, 1.165) is 19.6 Å². The predicted octanol–water partition coefficient (Wildman–Crippen LogP) is 1.01. The van der Waals surface area contributed by atoms with Crippen LogP contribution >= 0.6 is 0 Å². The summed E-state index contributed by atoms with van der Waals surface area (Å²) in [5.41, 5.74) is 7.17. The maximum Gasteiger partial charge on any atom is 0.0678 e. The summed E-state index contributed by atoms with van der Waals surface area (Å²) in [4.78, 5) is 2.41. The molecule has 2 heterocycles. The van der Waals surface area contributed by atoms with Gasteiger partial charge >= 0.3 is 0 Å². The molecule has 5 nitrogen and oxygen atoms in total. The summed E-state index contributed by atoms with van der Waals surface area (Å²) in [6.45, 7) is 9.71. The van der Waals surface area contributed by atoms with E-state index < -0.39 is 0 Å². The predicted molar refractivity (Wildman–Crippen MR) is 71.3 cm³/mol. The first kappa shape index (κ1) is 13.5. The highest BCUT2D eigenvalue weighted by Gasteiger charge is 2.28. The van der Waals surface area contributed by atoms with Crippen LogP contribution in [0.1, 0.15) is 32.4 Å². The van der Waals surface area contributed by atoms with Crippen LogP contribution < -0.4 is 5.73 Å². The zero-order valence-electron chi connectivity index (χ0n) is 11.5. The second-order valence-corrected chi connectivity index (χ2v) is 5.09. The molecule has 0 amide bonds. The van der Waals surface area contributed by atoms with E-state index in [2.05, 4.69) is 37.0 Å². The Bertz CT molecular complexity index is 369. The molecule has 102 valence electrons. The molecule has 0 aliphatic carbocycles. The van der Waals surface area contributed by atoms with Crippen molar-refractivity contribution in [3.8, 4) is 0 Å². The van der Waals surface area contributed by atoms with Crippen LogP contribution in [0.3, 0.4) is 0 Å². The lowest BCUT2D eigenvalue weighted by atomic mass is 10.1. The lowest BCUT2D eigenvalue weighted by molar-refractivity contribution is -0.0799. The molecule has 0 bridgehead atoms. The number of aromatic nitrogens is 2. The number of nitrogens with two attached hydrogens (primary N) is 1. The van der Waals surface area contributed by atoms with Gasteiger partial charge in [0, 0.05) is 37.9 Å². The summed E-state index contributed by atoms with van der Waals surface area (Å²) in [5.74, 6) is 0. The Hall–Kier alpha value is -0.910. The van der Waals surface area contributed by atoms with Crippen LogP contribution in [0.15, 0.2) is 12.4 Å². The zero-order chi connectivity index (χ0) is 13.1. The average Bonchev–Trinajstić information content (AvgIpc) is 2.77. The zero-order valence-corrected chi connectivity index (χ0v) is 11.5. The van der Waals surface area contributed by atoms with Crippen molar-refractivity contribution in [2.75, 3.05) is 19.6 Å². The minimum atomic E-state index is 0.249. The Morgan fingerprint density at radius 1 is 1.44 bits per heavy atom. The van der Waals surface area contributed by atoms with Gasteiger partial charge in [-0.3, -0.25) is 9.58 Å². The molecule has 2 rings (SSSR count). The van der Waals surface area contributed by atoms with E-state index in [9.17, 15) is 0 Å². The quantitative estimate of drug-likeness (QED) is 0.869. The molecule has 1 saturated heterocycles. The van der Waals surface area contributed by atoms with Crippen LogP contribution in [-0.2, 0) is 11.3 Å². The molecule has 1 aromatic rings. The number of ether oxygens (including phenoxy) is 1. The third-order valence-electron chi connectivity index (χ3n) is 3.47. The molecule has 0 spiro atoms. The summed E-state index contributed by atoms with van der Waals surface area (Å²) < 4.78 is 7.72. The normalized spacial score (nSPS) is 27.3. The van der Waals surface area contributed by atoms with Gasteiger partial charge in [0.15, 0.2) is 0 Å². The fourth-order valence-corrected chi connectivity index (χ4v) is 2.69. The van der Waals surface area contributed by atoms with Gasteiger partial charge in [0.05, 0.1) is 24.4 Å². The smallest absolute Gasteiger partial charge is 0.0678 e. The summed E-state index contributed by atoms with van der Waals surface area (Å²) in [5, 5.41) is 4.34. The molecule has 18 heavy (non-hydrogen) atoms. The van der Waals surface area contributed by atoms with Gasteiger partial charge in [-0.15, -0.1) is 0 Å². The molecule has 5 heteroatoms. The van der Waals surface area contributed by atoms with E-state index in [0.29, 0.717) is 6.54 Å². The second kappa shape index (κ2) is 5.82. The van der Waals surface area contributed by atoms with Crippen molar-refractivity contribution < 1.29 is 4.74 Å². The first-order valence-electron chi connectivity index (χ1n) is 6.76. The molecule has 1 aliphatic heterocycles. The second-order valence-electron chi connectivity index (χ2n) is 5.09. The fourth-order valence-electron chi connectivity index (χ4n) is 2.69. The number of rotatable bonds is 4. The largest absolute Gasteiger partial charge is 0.373 e. The van der Waals surface area contributed by atoms with E-state index in [1.807, 2.05) is 10.9 Å². The minimum Gasteiger partial charge on any atom is -0.373 e. The van der Waals surface area contributed by atoms with Crippen molar-refractivity contribution in [2.24, 2.45) is 5.73 Å². The van der Waals surface area contributed by atoms with E-state index in [-0.39, 0.29) is 18.2 Å². The van der Waals surface area contributed by atoms with Gasteiger partial charge in [-0.05, 0) is 20.8 Å². The van der Waals surface area contributed by atoms with Crippen molar-refractivity contribution in [2.45, 2.75) is 45.6 Å². The SMILES string of the molecule is CCn1cc(C(CN)N2C[C@@H](C)O[C@@H](C)C2)cn1. The number of hydrogen-bond acceptors (Lipinski definition) is 4. The van der Waals surface area contributed by atoms with Crippen LogP contribution in [0.2, 0.25) is 0 Å². The standard InChI is InChI=1S/C13H24N4O/c1-4-17-9-12(6-15-17)13(5-14)16-7-10(2)18-11(3)8-16/h6,9-11,13H,4-5,7-8,14H2,1-3H3/t10-,11+,13?. The first-order chi connectivity index (χ1) is 8.63. The Labute approximate surface area is 109 Å². The Kier molecular flexibility index (Phi) is 4.37. The van der Waals surface area contributed by atoms with Gasteiger partial charge in [0.2, 0.25) is 0 Å². The maximum atomic E-state index is 5.96. The van der Waals surface area contributed by atoms with Crippen LogP contribution in [0.5, 0.6) is 0 Å². The van der Waals surface area contributed by atoms with Crippen molar-refractivity contribution >= 4 is 0 Å². The molecule has 3 atom stereocenters. The van der Waals surface area contributed by atoms with Gasteiger partial charge in [-0.25, -0.2) is 0 Å². The Morgan fingerprint density at radius 3 is 2.61 bits per heavy atom. The molecule has 1 aromatic heterocycles. The first-order valence-corrected chi connectivity index (χ1v) is 6.76. The van der Waals surface area contributed by atoms with Gasteiger partial charge in [-0.2, -0.15) is 5.10 Å². The minimum absolute atomic E-state index is 0.249. The third-order valence-corrected chi connectivity index (χ3v) is 3.47. The number of nitrogens with zero attached hydrogens (tertiary/aromatic N) is 3. The molecule has 0 saturated carbocycles. The van der Waals surface area contributed by atoms with E-state index in [1.165, 1.54) is 5.56 Å². The van der Waals surface area contributed by atoms with Gasteiger partial charge in [0.25, 0.3) is 0 Å². The van der Waals surface area contributed by atoms with Crippen LogP contribution in [0.25, 0.3) is 0 Å². The lowest BCUT2D eigenvalue weighted by Gasteiger charge is -2.39. The van der Waals surface area contributed by atoms with E-state index >= 15 is 0 Å². The van der Waals surface area contributed by atoms with Crippen molar-refractivity contribution in [3.05, 3.63) is 18.0 Å². The van der Waals surface area contributed by atoms with Crippen molar-refractivity contribution in [3.63, 3.8) is 0 Å². The highest BCUT2D eigenvalue weighted by atomic mass is 16.5. The summed E-state index contributed by atoms with van der Waals surface area (Å²) in [6, 6.07) is 0.249. The van der Waals surface area contributed by atoms with Gasteiger partial charge < -0.3 is 10.5 Å². The Morgan fingerprint density at radius 2 is 2.11 bits per heavy atom. The topological polar surface area (TPSA) is 56.3 Å². The fraction of sp³-hybridized carbons (Fsp3) is 0.769. The number of hydrogen-bond donors (Lipinski definition) is 1. The highest BCUT2D eigenvalue weighted by Crippen LogP contribution is 2.23. The summed E-state index contributed by atoms with van der Waals surface area (Å²) >= 11 is 0. The molecule has 1 unspecified atom stereocenters. The van der Waals surface area contributed by atoms with Gasteiger partial charge in [0.1, 0.15) is 0 Å². The molecule has 1 fully saturated rings. The van der Waals surface area contributed by atoms with E-state index in [4.69, 9.17) is 10.5 Å². The summed E-state index contributed by atoms with van der Waals surface area (Å²) in [7, 11) is 0. The van der Waals surface area contributed by atoms with Crippen LogP contribution in [-0.4, -0.2) is 46.5 Å². The third kappa shape index (κ3) is 2.91. The molecular weight excluding hydrogens is 228 g/mol. The van der Waals surface area contributed by atoms with Gasteiger partial charge in [-0.1, -0.05) is 0 Å². The maximum absolute atomic E-state index is 5.96. The lowest BCUT2D eigenvalue weighted by Crippen LogP contribution is -2.48. The molecule has 1 aliphatic rings. The number of morpholine rings is 1.